The van der Waals surface area contributed by atoms with Gasteiger partial charge in [-0.3, -0.25) is 4.79 Å². The van der Waals surface area contributed by atoms with Gasteiger partial charge in [0.2, 0.25) is 0 Å². The van der Waals surface area contributed by atoms with Crippen molar-refractivity contribution >= 4 is 23.2 Å². The molecule has 1 aromatic heterocycles. The quantitative estimate of drug-likeness (QED) is 0.243. The fourth-order valence-electron chi connectivity index (χ4n) is 3.95. The molecule has 37 heavy (non-hydrogen) atoms. The molecular weight excluding hydrogens is 473 g/mol. The third-order valence-electron chi connectivity index (χ3n) is 5.85. The van der Waals surface area contributed by atoms with Crippen molar-refractivity contribution in [1.29, 1.82) is 0 Å². The summed E-state index contributed by atoms with van der Waals surface area (Å²) in [7, 11) is 3.04. The van der Waals surface area contributed by atoms with Crippen LogP contribution in [0.15, 0.2) is 84.9 Å². The zero-order valence-electron chi connectivity index (χ0n) is 20.4. The Hall–Kier alpha value is -4.63. The summed E-state index contributed by atoms with van der Waals surface area (Å²) >= 11 is 0. The number of nitrogens with one attached hydrogen (secondary N) is 2. The van der Waals surface area contributed by atoms with Crippen molar-refractivity contribution in [2.24, 2.45) is 11.5 Å². The molecule has 0 unspecified atom stereocenters. The van der Waals surface area contributed by atoms with E-state index in [-0.39, 0.29) is 17.2 Å². The summed E-state index contributed by atoms with van der Waals surface area (Å²) in [6.45, 7) is 0. The summed E-state index contributed by atoms with van der Waals surface area (Å²) in [6.07, 6.45) is 0. The monoisotopic (exact) mass is 501 g/mol. The summed E-state index contributed by atoms with van der Waals surface area (Å²) in [5.74, 6) is -0.587. The molecule has 0 spiro atoms. The van der Waals surface area contributed by atoms with Gasteiger partial charge in [0.1, 0.15) is 17.3 Å². The van der Waals surface area contributed by atoms with Crippen LogP contribution in [0.2, 0.25) is 0 Å². The number of ether oxygens (including phenoxy) is 2. The van der Waals surface area contributed by atoms with Crippen molar-refractivity contribution in [3.8, 4) is 11.5 Å². The van der Waals surface area contributed by atoms with Gasteiger partial charge in [-0.2, -0.15) is 0 Å². The average Bonchev–Trinajstić information content (AvgIpc) is 2.93. The molecule has 9 heteroatoms. The predicted octanol–water partition coefficient (Wildman–Crippen LogP) is 4.93. The van der Waals surface area contributed by atoms with Crippen LogP contribution < -0.4 is 31.6 Å². The Labute approximate surface area is 214 Å². The molecule has 1 heterocycles. The average molecular weight is 502 g/mol. The number of hydrogen-bond donors (Lipinski definition) is 4. The number of anilines is 3. The van der Waals surface area contributed by atoms with Gasteiger partial charge in [0, 0.05) is 23.9 Å². The van der Waals surface area contributed by atoms with Crippen molar-refractivity contribution < 1.29 is 18.7 Å². The molecule has 0 saturated heterocycles. The first-order chi connectivity index (χ1) is 17.9. The molecule has 0 aliphatic carbocycles. The van der Waals surface area contributed by atoms with Crippen LogP contribution in [-0.4, -0.2) is 25.1 Å². The van der Waals surface area contributed by atoms with Crippen LogP contribution >= 0.6 is 0 Å². The molecule has 4 aromatic rings. The molecule has 4 rings (SSSR count). The van der Waals surface area contributed by atoms with Crippen LogP contribution in [0, 0.1) is 5.82 Å². The van der Waals surface area contributed by atoms with E-state index in [9.17, 15) is 4.79 Å². The molecule has 0 radical (unpaired) electrons. The highest BCUT2D eigenvalue weighted by atomic mass is 19.1. The fraction of sp³-hybridized carbons (Fsp3) is 0.143. The second-order valence-electron chi connectivity index (χ2n) is 8.27. The number of halogens is 1. The molecule has 6 N–H and O–H groups in total. The summed E-state index contributed by atoms with van der Waals surface area (Å²) < 4.78 is 25.9. The van der Waals surface area contributed by atoms with Gasteiger partial charge in [-0.05, 0) is 17.2 Å². The Balaban J connectivity index is 1.75. The molecule has 0 aliphatic heterocycles. The molecule has 1 amide bonds. The van der Waals surface area contributed by atoms with Crippen molar-refractivity contribution in [2.45, 2.75) is 12.1 Å². The van der Waals surface area contributed by atoms with E-state index < -0.39 is 23.8 Å². The van der Waals surface area contributed by atoms with Crippen molar-refractivity contribution in [3.05, 3.63) is 107 Å². The second kappa shape index (κ2) is 11.4. The van der Waals surface area contributed by atoms with E-state index in [1.54, 1.807) is 18.2 Å². The Kier molecular flexibility index (Phi) is 7.85. The number of amides is 1. The Morgan fingerprint density at radius 3 is 1.97 bits per heavy atom. The standard InChI is InChI=1S/C28H28FN5O3/c1-36-20-13-19(14-21(15-20)37-2)32-27-22(26(31)35)16-23(29)28(34-27)33-25(18-11-7-4-8-12-18)24(30)17-9-5-3-6-10-17/h3-16,24-25H,30H2,1-2H3,(H2,31,35)(H2,32,33,34)/t24-,25-/m1/s1. The van der Waals surface area contributed by atoms with Crippen molar-refractivity contribution in [1.82, 2.24) is 4.98 Å². The molecule has 190 valence electrons. The van der Waals surface area contributed by atoms with E-state index in [0.29, 0.717) is 17.2 Å². The lowest BCUT2D eigenvalue weighted by atomic mass is 9.94. The number of aromatic nitrogens is 1. The number of carbonyl (C=O) groups is 1. The van der Waals surface area contributed by atoms with Gasteiger partial charge in [-0.1, -0.05) is 60.7 Å². The van der Waals surface area contributed by atoms with Gasteiger partial charge in [-0.15, -0.1) is 0 Å². The van der Waals surface area contributed by atoms with Crippen LogP contribution in [0.3, 0.4) is 0 Å². The molecule has 0 bridgehead atoms. The predicted molar refractivity (Wildman–Crippen MR) is 142 cm³/mol. The van der Waals surface area contributed by atoms with E-state index in [1.165, 1.54) is 14.2 Å². The first-order valence-electron chi connectivity index (χ1n) is 11.5. The van der Waals surface area contributed by atoms with Gasteiger partial charge in [0.05, 0.1) is 31.9 Å². The normalized spacial score (nSPS) is 12.3. The van der Waals surface area contributed by atoms with E-state index >= 15 is 4.39 Å². The highest BCUT2D eigenvalue weighted by molar-refractivity contribution is 5.98. The zero-order valence-corrected chi connectivity index (χ0v) is 20.4. The maximum atomic E-state index is 15.3. The van der Waals surface area contributed by atoms with Crippen LogP contribution in [0.1, 0.15) is 33.6 Å². The maximum Gasteiger partial charge on any atom is 0.252 e. The zero-order chi connectivity index (χ0) is 26.4. The second-order valence-corrected chi connectivity index (χ2v) is 8.27. The van der Waals surface area contributed by atoms with Crippen LogP contribution in [-0.2, 0) is 0 Å². The Morgan fingerprint density at radius 2 is 1.43 bits per heavy atom. The molecular formula is C28H28FN5O3. The maximum absolute atomic E-state index is 15.3. The highest BCUT2D eigenvalue weighted by Gasteiger charge is 2.25. The smallest absolute Gasteiger partial charge is 0.252 e. The minimum Gasteiger partial charge on any atom is -0.497 e. The first kappa shape index (κ1) is 25.5. The molecule has 8 nitrogen and oxygen atoms in total. The number of nitrogens with two attached hydrogens (primary N) is 2. The first-order valence-corrected chi connectivity index (χ1v) is 11.5. The number of rotatable bonds is 10. The lowest BCUT2D eigenvalue weighted by Crippen LogP contribution is -2.27. The number of pyridine rings is 1. The van der Waals surface area contributed by atoms with Crippen LogP contribution in [0.4, 0.5) is 21.7 Å². The number of benzene rings is 3. The molecule has 3 aromatic carbocycles. The largest absolute Gasteiger partial charge is 0.497 e. The molecule has 2 atom stereocenters. The number of methoxy groups -OCH3 is 2. The summed E-state index contributed by atoms with van der Waals surface area (Å²) in [6, 6.07) is 24.0. The van der Waals surface area contributed by atoms with Gasteiger partial charge in [0.15, 0.2) is 11.6 Å². The van der Waals surface area contributed by atoms with Crippen LogP contribution in [0.25, 0.3) is 0 Å². The van der Waals surface area contributed by atoms with Crippen molar-refractivity contribution in [2.75, 3.05) is 24.9 Å². The summed E-state index contributed by atoms with van der Waals surface area (Å²) in [4.78, 5) is 16.6. The van der Waals surface area contributed by atoms with Gasteiger partial charge < -0.3 is 31.6 Å². The Morgan fingerprint density at radius 1 is 0.865 bits per heavy atom. The third kappa shape index (κ3) is 5.96. The molecule has 0 fully saturated rings. The summed E-state index contributed by atoms with van der Waals surface area (Å²) in [5.41, 5.74) is 14.3. The number of primary amides is 1. The lowest BCUT2D eigenvalue weighted by Gasteiger charge is -2.27. The third-order valence-corrected chi connectivity index (χ3v) is 5.85. The number of hydrogen-bond acceptors (Lipinski definition) is 7. The van der Waals surface area contributed by atoms with Gasteiger partial charge in [0.25, 0.3) is 5.91 Å². The molecule has 0 saturated carbocycles. The fourth-order valence-corrected chi connectivity index (χ4v) is 3.95. The van der Waals surface area contributed by atoms with Crippen LogP contribution in [0.5, 0.6) is 11.5 Å². The van der Waals surface area contributed by atoms with Gasteiger partial charge >= 0.3 is 0 Å². The minimum absolute atomic E-state index is 0.0619. The SMILES string of the molecule is COc1cc(Nc2nc(N[C@H](c3ccccc3)[C@H](N)c3ccccc3)c(F)cc2C(N)=O)cc(OC)c1. The topological polar surface area (TPSA) is 125 Å². The Bertz CT molecular complexity index is 1350. The van der Waals surface area contributed by atoms with E-state index in [1.807, 2.05) is 60.7 Å². The van der Waals surface area contributed by atoms with E-state index in [4.69, 9.17) is 20.9 Å². The highest BCUT2D eigenvalue weighted by Crippen LogP contribution is 2.33. The number of carbonyl (C=O) groups excluding carboxylic acids is 1. The van der Waals surface area contributed by atoms with E-state index in [0.717, 1.165) is 17.2 Å². The molecule has 0 aliphatic rings. The van der Waals surface area contributed by atoms with Gasteiger partial charge in [-0.25, -0.2) is 9.37 Å². The lowest BCUT2D eigenvalue weighted by molar-refractivity contribution is 0.100. The minimum atomic E-state index is -0.837. The van der Waals surface area contributed by atoms with Crippen molar-refractivity contribution in [3.63, 3.8) is 0 Å². The number of nitrogens with zero attached hydrogens (tertiary/aromatic N) is 1. The summed E-state index contributed by atoms with van der Waals surface area (Å²) in [5, 5.41) is 6.18. The van der Waals surface area contributed by atoms with E-state index in [2.05, 4.69) is 15.6 Å².